The van der Waals surface area contributed by atoms with E-state index in [0.717, 1.165) is 0 Å². The van der Waals surface area contributed by atoms with E-state index in [0.29, 0.717) is 0 Å². The Labute approximate surface area is 50.9 Å². The molecule has 0 aromatic carbocycles. The summed E-state index contributed by atoms with van der Waals surface area (Å²) in [6.07, 6.45) is 4.12. The molecule has 0 aliphatic carbocycles. The molecule has 0 amide bonds. The maximum Gasteiger partial charge on any atom is 0.203 e. The van der Waals surface area contributed by atoms with Crippen LogP contribution in [0.4, 0.5) is 0 Å². The van der Waals surface area contributed by atoms with Crippen LogP contribution in [-0.4, -0.2) is 26.3 Å². The maximum absolute atomic E-state index is 2.08. The molecule has 0 aromatic heterocycles. The van der Waals surface area contributed by atoms with Crippen molar-refractivity contribution in [3.8, 4) is 0 Å². The van der Waals surface area contributed by atoms with Crippen molar-refractivity contribution < 1.29 is 0 Å². The lowest BCUT2D eigenvalue weighted by Gasteiger charge is -2.11. The summed E-state index contributed by atoms with van der Waals surface area (Å²) >= 11 is 0. The lowest BCUT2D eigenvalue weighted by Crippen LogP contribution is -2.13. The van der Waals surface area contributed by atoms with E-state index in [1.54, 1.807) is 0 Å². The third-order valence-corrected chi connectivity index (χ3v) is 1.16. The number of allylic oxidation sites excluding steroid dienone is 2. The van der Waals surface area contributed by atoms with Crippen LogP contribution in [0.5, 0.6) is 0 Å². The average Bonchev–Trinajstić information content (AvgIpc) is 2.12. The van der Waals surface area contributed by atoms with Crippen molar-refractivity contribution in [2.75, 3.05) is 14.1 Å². The molecule has 1 aliphatic rings. The highest BCUT2D eigenvalue weighted by Gasteiger charge is 2.00. The van der Waals surface area contributed by atoms with Gasteiger partial charge >= 0.3 is 0 Å². The van der Waals surface area contributed by atoms with Gasteiger partial charge in [0.05, 0.1) is 0 Å². The Hall–Kier alpha value is -0.655. The Morgan fingerprint density at radius 3 is 2.50 bits per heavy atom. The molecule has 0 atom stereocenters. The summed E-state index contributed by atoms with van der Waals surface area (Å²) in [6.45, 7) is 0. The third kappa shape index (κ3) is 0.943. The molecule has 0 fully saturated rings. The first-order valence-corrected chi connectivity index (χ1v) is 2.70. The smallest absolute Gasteiger partial charge is 0.203 e. The van der Waals surface area contributed by atoms with E-state index in [4.69, 9.17) is 0 Å². The van der Waals surface area contributed by atoms with Crippen molar-refractivity contribution in [3.63, 3.8) is 0 Å². The van der Waals surface area contributed by atoms with Crippen LogP contribution in [0.25, 0.3) is 0 Å². The molecule has 0 bridgehead atoms. The highest BCUT2D eigenvalue weighted by atomic mass is 15.1. The zero-order valence-electron chi connectivity index (χ0n) is 5.26. The van der Waals surface area contributed by atoms with E-state index in [2.05, 4.69) is 18.3 Å². The van der Waals surface area contributed by atoms with Gasteiger partial charge < -0.3 is 4.90 Å². The number of hydrogen-bond donors (Lipinski definition) is 0. The van der Waals surface area contributed by atoms with Crippen molar-refractivity contribution in [3.05, 3.63) is 23.7 Å². The summed E-state index contributed by atoms with van der Waals surface area (Å²) in [5.41, 5.74) is 1.27. The number of rotatable bonds is 1. The Kier molecular flexibility index (Phi) is 1.42. The monoisotopic (exact) mass is 106 g/mol. The van der Waals surface area contributed by atoms with Gasteiger partial charge in [-0.1, -0.05) is 12.2 Å². The van der Waals surface area contributed by atoms with Crippen LogP contribution in [-0.2, 0) is 0 Å². The second-order valence-electron chi connectivity index (χ2n) is 2.04. The van der Waals surface area contributed by atoms with E-state index in [9.17, 15) is 0 Å². The molecular formula is C6H9BN. The van der Waals surface area contributed by atoms with E-state index in [-0.39, 0.29) is 0 Å². The number of nitrogens with zero attached hydrogens (tertiary/aromatic N) is 1. The zero-order chi connectivity index (χ0) is 5.98. The normalized spacial score (nSPS) is 15.5. The second-order valence-corrected chi connectivity index (χ2v) is 2.04. The van der Waals surface area contributed by atoms with Crippen LogP contribution in [0.15, 0.2) is 23.7 Å². The van der Waals surface area contributed by atoms with Crippen LogP contribution in [0.1, 0.15) is 0 Å². The van der Waals surface area contributed by atoms with Gasteiger partial charge in [-0.05, 0) is 5.60 Å². The molecule has 8 heavy (non-hydrogen) atoms. The van der Waals surface area contributed by atoms with Crippen LogP contribution in [0.2, 0.25) is 0 Å². The van der Waals surface area contributed by atoms with E-state index >= 15 is 0 Å². The van der Waals surface area contributed by atoms with Gasteiger partial charge in [0.25, 0.3) is 0 Å². The Morgan fingerprint density at radius 2 is 2.25 bits per heavy atom. The molecule has 0 unspecified atom stereocenters. The minimum Gasteiger partial charge on any atom is -0.389 e. The minimum absolute atomic E-state index is 1.27. The lowest BCUT2D eigenvalue weighted by atomic mass is 9.77. The largest absolute Gasteiger partial charge is 0.389 e. The fraction of sp³-hybridized carbons (Fsp3) is 0.333. The Morgan fingerprint density at radius 1 is 1.50 bits per heavy atom. The first-order chi connectivity index (χ1) is 3.80. The summed E-state index contributed by atoms with van der Waals surface area (Å²) in [6, 6.07) is 0. The van der Waals surface area contributed by atoms with Crippen molar-refractivity contribution >= 4 is 7.28 Å². The summed E-state index contributed by atoms with van der Waals surface area (Å²) in [5.74, 6) is 2.04. The standard InChI is InChI=1S/C6H9BN/c1-8(2)6-4-3-5-7-6/h3-5H,1-2H3. The van der Waals surface area contributed by atoms with Crippen molar-refractivity contribution in [2.24, 2.45) is 0 Å². The predicted octanol–water partition coefficient (Wildman–Crippen LogP) is 0.621. The summed E-state index contributed by atoms with van der Waals surface area (Å²) in [4.78, 5) is 2.08. The Balaban J connectivity index is 2.51. The quantitative estimate of drug-likeness (QED) is 0.443. The minimum atomic E-state index is 1.27. The van der Waals surface area contributed by atoms with Gasteiger partial charge in [-0.15, -0.1) is 5.98 Å². The van der Waals surface area contributed by atoms with Gasteiger partial charge in [-0.25, -0.2) is 0 Å². The molecule has 0 spiro atoms. The lowest BCUT2D eigenvalue weighted by molar-refractivity contribution is 0.546. The van der Waals surface area contributed by atoms with E-state index in [1.165, 1.54) is 5.60 Å². The van der Waals surface area contributed by atoms with Crippen molar-refractivity contribution in [2.45, 2.75) is 0 Å². The first kappa shape index (κ1) is 5.48. The average molecular weight is 106 g/mol. The molecule has 0 N–H and O–H groups in total. The number of hydrogen-bond acceptors (Lipinski definition) is 1. The molecule has 1 heterocycles. The van der Waals surface area contributed by atoms with Gasteiger partial charge in [0.2, 0.25) is 7.28 Å². The molecule has 41 valence electrons. The summed E-state index contributed by atoms with van der Waals surface area (Å²) < 4.78 is 0. The topological polar surface area (TPSA) is 3.24 Å². The molecule has 1 nitrogen and oxygen atoms in total. The van der Waals surface area contributed by atoms with Gasteiger partial charge in [-0.2, -0.15) is 0 Å². The van der Waals surface area contributed by atoms with Gasteiger partial charge in [0.15, 0.2) is 0 Å². The van der Waals surface area contributed by atoms with Gasteiger partial charge in [0, 0.05) is 14.1 Å². The fourth-order valence-corrected chi connectivity index (χ4v) is 0.662. The molecule has 1 rings (SSSR count). The summed E-state index contributed by atoms with van der Waals surface area (Å²) in [5, 5.41) is 0. The molecule has 2 heteroatoms. The molecule has 0 aromatic rings. The molecular weight excluding hydrogens is 96.9 g/mol. The highest BCUT2D eigenvalue weighted by molar-refractivity contribution is 6.52. The first-order valence-electron chi connectivity index (χ1n) is 2.70. The SMILES string of the molecule is CN(C)C1=CC=C[B]1. The fourth-order valence-electron chi connectivity index (χ4n) is 0.662. The Bertz CT molecular complexity index is 135. The van der Waals surface area contributed by atoms with Crippen molar-refractivity contribution in [1.29, 1.82) is 0 Å². The second kappa shape index (κ2) is 2.08. The van der Waals surface area contributed by atoms with Gasteiger partial charge in [0.1, 0.15) is 0 Å². The molecule has 1 aliphatic heterocycles. The highest BCUT2D eigenvalue weighted by Crippen LogP contribution is 2.02. The van der Waals surface area contributed by atoms with Crippen LogP contribution < -0.4 is 0 Å². The predicted molar refractivity (Wildman–Crippen MR) is 36.7 cm³/mol. The maximum atomic E-state index is 2.08. The van der Waals surface area contributed by atoms with Crippen LogP contribution in [0, 0.1) is 0 Å². The van der Waals surface area contributed by atoms with E-state index in [1.807, 2.05) is 26.1 Å². The third-order valence-electron chi connectivity index (χ3n) is 1.16. The van der Waals surface area contributed by atoms with Crippen LogP contribution in [0.3, 0.4) is 0 Å². The summed E-state index contributed by atoms with van der Waals surface area (Å²) in [7, 11) is 6.16. The zero-order valence-corrected chi connectivity index (χ0v) is 5.26. The van der Waals surface area contributed by atoms with Crippen molar-refractivity contribution in [1.82, 2.24) is 4.90 Å². The molecule has 0 saturated carbocycles. The molecule has 1 radical (unpaired) electrons. The molecule has 0 saturated heterocycles. The van der Waals surface area contributed by atoms with E-state index < -0.39 is 0 Å². The van der Waals surface area contributed by atoms with Gasteiger partial charge in [-0.3, -0.25) is 0 Å². The van der Waals surface area contributed by atoms with Crippen LogP contribution >= 0.6 is 0 Å².